The molecule has 0 aromatic rings. The molecule has 2 atom stereocenters. The molecule has 0 rings (SSSR count). The molecule has 0 saturated heterocycles. The Morgan fingerprint density at radius 3 is 1.78 bits per heavy atom. The van der Waals surface area contributed by atoms with Crippen molar-refractivity contribution in [1.82, 2.24) is 0 Å². The lowest BCUT2D eigenvalue weighted by Gasteiger charge is -2.12. The van der Waals surface area contributed by atoms with Crippen molar-refractivity contribution >= 4 is 7.82 Å². The van der Waals surface area contributed by atoms with Gasteiger partial charge in [-0.15, -0.1) is 0 Å². The monoisotopic (exact) mass is 289 g/mol. The third kappa shape index (κ3) is 6.15. The van der Waals surface area contributed by atoms with E-state index in [2.05, 4.69) is 4.52 Å². The molecular weight excluding hydrogens is 281 g/mol. The fraction of sp³-hybridized carbons (Fsp3) is 1.00. The van der Waals surface area contributed by atoms with Gasteiger partial charge in [0.2, 0.25) is 0 Å². The van der Waals surface area contributed by atoms with Gasteiger partial charge in [-0.1, -0.05) is 0 Å². The maximum Gasteiger partial charge on any atom is 0.469 e. The summed E-state index contributed by atoms with van der Waals surface area (Å²) in [5.74, 6) is 0. The van der Waals surface area contributed by atoms with E-state index in [1.54, 1.807) is 0 Å². The van der Waals surface area contributed by atoms with Gasteiger partial charge in [-0.3, -0.25) is 34.9 Å². The van der Waals surface area contributed by atoms with E-state index in [1.165, 1.54) is 0 Å². The second kappa shape index (κ2) is 6.30. The number of nitro groups is 3. The fourth-order valence-corrected chi connectivity index (χ4v) is 1.31. The van der Waals surface area contributed by atoms with E-state index in [0.717, 1.165) is 0 Å². The van der Waals surface area contributed by atoms with Gasteiger partial charge in [-0.25, -0.2) is 4.57 Å². The molecule has 0 aromatic heterocycles. The van der Waals surface area contributed by atoms with E-state index in [0.29, 0.717) is 0 Å². The number of hydrogen-bond acceptors (Lipinski definition) is 8. The molecule has 104 valence electrons. The van der Waals surface area contributed by atoms with Crippen LogP contribution in [0.4, 0.5) is 0 Å². The van der Waals surface area contributed by atoms with Crippen molar-refractivity contribution in [2.45, 2.75) is 12.1 Å². The van der Waals surface area contributed by atoms with E-state index in [9.17, 15) is 34.9 Å². The summed E-state index contributed by atoms with van der Waals surface area (Å²) >= 11 is 0. The maximum absolute atomic E-state index is 10.5. The molecule has 2 N–H and O–H groups in total. The molecule has 2 unspecified atom stereocenters. The van der Waals surface area contributed by atoms with Crippen molar-refractivity contribution in [3.8, 4) is 0 Å². The minimum Gasteiger partial charge on any atom is -0.303 e. The fourth-order valence-electron chi connectivity index (χ4n) is 0.967. The molecule has 0 amide bonds. The van der Waals surface area contributed by atoms with E-state index in [4.69, 9.17) is 9.79 Å². The zero-order valence-electron chi connectivity index (χ0n) is 8.52. The maximum atomic E-state index is 10.5. The van der Waals surface area contributed by atoms with Crippen LogP contribution in [0.25, 0.3) is 0 Å². The van der Waals surface area contributed by atoms with E-state index in [1.807, 2.05) is 0 Å². The first-order valence-electron chi connectivity index (χ1n) is 4.13. The summed E-state index contributed by atoms with van der Waals surface area (Å²) in [7, 11) is -5.06. The highest BCUT2D eigenvalue weighted by Crippen LogP contribution is 2.36. The summed E-state index contributed by atoms with van der Waals surface area (Å²) in [5, 5.41) is 31.1. The van der Waals surface area contributed by atoms with Crippen LogP contribution in [0.3, 0.4) is 0 Å². The average Bonchev–Trinajstić information content (AvgIpc) is 2.12. The van der Waals surface area contributed by atoms with Gasteiger partial charge in [0.05, 0.1) is 0 Å². The molecule has 0 aliphatic rings. The Morgan fingerprint density at radius 1 is 1.06 bits per heavy atom. The molecule has 0 aliphatic carbocycles. The predicted molar refractivity (Wildman–Crippen MR) is 51.4 cm³/mol. The van der Waals surface area contributed by atoms with Crippen LogP contribution in [0.15, 0.2) is 0 Å². The highest BCUT2D eigenvalue weighted by Gasteiger charge is 2.46. The summed E-state index contributed by atoms with van der Waals surface area (Å²) in [6.07, 6.45) is 0. The molecule has 13 nitrogen and oxygen atoms in total. The van der Waals surface area contributed by atoms with Crippen LogP contribution in [0.1, 0.15) is 0 Å². The first-order chi connectivity index (χ1) is 8.04. The molecule has 0 saturated carbocycles. The van der Waals surface area contributed by atoms with Gasteiger partial charge in [-0.2, -0.15) is 0 Å². The van der Waals surface area contributed by atoms with Gasteiger partial charge < -0.3 is 9.79 Å². The zero-order valence-corrected chi connectivity index (χ0v) is 9.41. The molecule has 18 heavy (non-hydrogen) atoms. The van der Waals surface area contributed by atoms with Crippen LogP contribution in [-0.2, 0) is 9.09 Å². The first-order valence-corrected chi connectivity index (χ1v) is 5.66. The molecule has 0 aromatic carbocycles. The zero-order chi connectivity index (χ0) is 14.5. The van der Waals surface area contributed by atoms with Gasteiger partial charge in [0.25, 0.3) is 6.54 Å². The molecule has 0 bridgehead atoms. The number of rotatable bonds is 8. The van der Waals surface area contributed by atoms with Crippen molar-refractivity contribution in [3.05, 3.63) is 30.3 Å². The van der Waals surface area contributed by atoms with Crippen molar-refractivity contribution in [1.29, 1.82) is 0 Å². The Balaban J connectivity index is 4.93. The SMILES string of the molecule is O=[N+]([O-])CC(C(COP(=O)(O)O)[N+](=O)[O-])[N+](=O)[O-]. The molecular formula is C4H8N3O10P. The quantitative estimate of drug-likeness (QED) is 0.306. The molecule has 0 spiro atoms. The molecule has 0 fully saturated rings. The highest BCUT2D eigenvalue weighted by molar-refractivity contribution is 7.46. The van der Waals surface area contributed by atoms with Crippen molar-refractivity contribution < 1.29 is 33.6 Å². The van der Waals surface area contributed by atoms with Crippen molar-refractivity contribution in [3.63, 3.8) is 0 Å². The molecule has 0 heterocycles. The number of phosphoric acid groups is 1. The Labute approximate surface area is 98.0 Å². The summed E-state index contributed by atoms with van der Waals surface area (Å²) in [6.45, 7) is -2.67. The lowest BCUT2D eigenvalue weighted by Crippen LogP contribution is -2.46. The Kier molecular flexibility index (Phi) is 5.71. The first kappa shape index (κ1) is 16.3. The van der Waals surface area contributed by atoms with Crippen LogP contribution >= 0.6 is 7.82 Å². The second-order valence-electron chi connectivity index (χ2n) is 3.01. The molecule has 0 radical (unpaired) electrons. The van der Waals surface area contributed by atoms with Gasteiger partial charge in [0.15, 0.2) is 0 Å². The summed E-state index contributed by atoms with van der Waals surface area (Å²) in [6, 6.07) is -4.49. The van der Waals surface area contributed by atoms with E-state index in [-0.39, 0.29) is 0 Å². The predicted octanol–water partition coefficient (Wildman–Crippen LogP) is -1.34. The second-order valence-corrected chi connectivity index (χ2v) is 4.25. The summed E-state index contributed by atoms with van der Waals surface area (Å²) < 4.78 is 14.1. The van der Waals surface area contributed by atoms with Crippen LogP contribution in [-0.4, -0.2) is 49.8 Å². The van der Waals surface area contributed by atoms with Crippen LogP contribution in [0.2, 0.25) is 0 Å². The van der Waals surface area contributed by atoms with E-state index >= 15 is 0 Å². The smallest absolute Gasteiger partial charge is 0.303 e. The average molecular weight is 289 g/mol. The standard InChI is InChI=1S/C4H8N3O10P/c8-5(9)1-3(6(10)11)4(7(12)13)2-17-18(14,15)16/h3-4H,1-2H2,(H2,14,15,16). The summed E-state index contributed by atoms with van der Waals surface area (Å²) in [4.78, 5) is 44.0. The number of phosphoric ester groups is 1. The van der Waals surface area contributed by atoms with Crippen LogP contribution in [0.5, 0.6) is 0 Å². The van der Waals surface area contributed by atoms with Gasteiger partial charge in [0, 0.05) is 14.8 Å². The van der Waals surface area contributed by atoms with Gasteiger partial charge >= 0.3 is 19.9 Å². The minimum atomic E-state index is -5.06. The Hall–Kier alpha value is -1.69. The number of nitrogens with zero attached hydrogens (tertiary/aromatic N) is 3. The van der Waals surface area contributed by atoms with Crippen molar-refractivity contribution in [2.75, 3.05) is 13.2 Å². The lowest BCUT2D eigenvalue weighted by atomic mass is 10.1. The van der Waals surface area contributed by atoms with Crippen LogP contribution < -0.4 is 0 Å². The molecule has 0 aliphatic heterocycles. The topological polar surface area (TPSA) is 196 Å². The van der Waals surface area contributed by atoms with Crippen LogP contribution in [0, 0.1) is 30.3 Å². The number of hydrogen-bond donors (Lipinski definition) is 2. The molecule has 14 heteroatoms. The minimum absolute atomic E-state index is 1.14. The van der Waals surface area contributed by atoms with Crippen molar-refractivity contribution in [2.24, 2.45) is 0 Å². The third-order valence-electron chi connectivity index (χ3n) is 1.74. The lowest BCUT2D eigenvalue weighted by molar-refractivity contribution is -0.649. The largest absolute Gasteiger partial charge is 0.469 e. The normalized spacial score (nSPS) is 14.8. The summed E-state index contributed by atoms with van der Waals surface area (Å²) in [5.41, 5.74) is 0. The Morgan fingerprint density at radius 2 is 1.50 bits per heavy atom. The highest BCUT2D eigenvalue weighted by atomic mass is 31.2. The third-order valence-corrected chi connectivity index (χ3v) is 2.22. The van der Waals surface area contributed by atoms with Gasteiger partial charge in [0.1, 0.15) is 6.61 Å². The Bertz CT molecular complexity index is 391. The van der Waals surface area contributed by atoms with E-state index < -0.39 is 47.8 Å². The van der Waals surface area contributed by atoms with Gasteiger partial charge in [-0.05, 0) is 0 Å².